The summed E-state index contributed by atoms with van der Waals surface area (Å²) in [7, 11) is 0. The zero-order valence-corrected chi connectivity index (χ0v) is 11.9. The monoisotopic (exact) mass is 247 g/mol. The third kappa shape index (κ3) is 1.77. The Hall–Kier alpha value is -0.0400. The van der Waals surface area contributed by atoms with Crippen molar-refractivity contribution in [3.8, 4) is 0 Å². The van der Waals surface area contributed by atoms with Crippen LogP contribution in [0.1, 0.15) is 58.3 Å². The van der Waals surface area contributed by atoms with Crippen molar-refractivity contribution in [2.45, 2.75) is 64.3 Å². The number of hydrogen-bond acceptors (Lipinski definition) is 1. The largest absolute Gasteiger partial charge is 0.328 e. The van der Waals surface area contributed by atoms with E-state index < -0.39 is 0 Å². The van der Waals surface area contributed by atoms with Crippen LogP contribution in [0.4, 0.5) is 0 Å². The van der Waals surface area contributed by atoms with Crippen LogP contribution in [-0.2, 0) is 0 Å². The lowest BCUT2D eigenvalue weighted by Crippen LogP contribution is -2.51. The Morgan fingerprint density at radius 3 is 2.50 bits per heavy atom. The van der Waals surface area contributed by atoms with Crippen molar-refractivity contribution < 1.29 is 0 Å². The first-order valence-corrected chi connectivity index (χ1v) is 8.46. The number of fused-ring (bicyclic) bond motifs is 2. The molecule has 4 saturated carbocycles. The predicted octanol–water partition coefficient (Wildman–Crippen LogP) is 3.82. The zero-order chi connectivity index (χ0) is 12.3. The molecule has 4 rings (SSSR count). The molecule has 0 aromatic carbocycles. The van der Waals surface area contributed by atoms with Crippen LogP contribution in [0, 0.1) is 41.4 Å². The van der Waals surface area contributed by atoms with Crippen molar-refractivity contribution in [2.24, 2.45) is 47.2 Å². The van der Waals surface area contributed by atoms with Crippen LogP contribution in [0.25, 0.3) is 0 Å². The molecule has 4 aliphatic rings. The molecule has 8 unspecified atom stereocenters. The fourth-order valence-electron chi connectivity index (χ4n) is 6.61. The Bertz CT molecular complexity index is 322. The Morgan fingerprint density at radius 1 is 0.889 bits per heavy atom. The van der Waals surface area contributed by atoms with E-state index in [1.807, 2.05) is 0 Å². The minimum atomic E-state index is 0.423. The standard InChI is InChI=1S/C17H29N/c1-10(18)4-14-6-12-5-13-3-2-11-7-15(13)17(9-12)16(14)8-11/h10-17H,2-9,18H2,1H3. The molecule has 4 aliphatic carbocycles. The zero-order valence-electron chi connectivity index (χ0n) is 11.9. The second kappa shape index (κ2) is 4.23. The van der Waals surface area contributed by atoms with Gasteiger partial charge in [0.2, 0.25) is 0 Å². The summed E-state index contributed by atoms with van der Waals surface area (Å²) in [6, 6.07) is 0.423. The van der Waals surface area contributed by atoms with E-state index in [0.29, 0.717) is 6.04 Å². The van der Waals surface area contributed by atoms with Gasteiger partial charge in [0.15, 0.2) is 0 Å². The first kappa shape index (κ1) is 11.8. The van der Waals surface area contributed by atoms with Crippen molar-refractivity contribution in [1.29, 1.82) is 0 Å². The van der Waals surface area contributed by atoms with Gasteiger partial charge in [-0.1, -0.05) is 6.42 Å². The van der Waals surface area contributed by atoms with Crippen LogP contribution >= 0.6 is 0 Å². The topological polar surface area (TPSA) is 26.0 Å². The molecule has 8 atom stereocenters. The highest BCUT2D eigenvalue weighted by Gasteiger charge is 2.52. The fraction of sp³-hybridized carbons (Fsp3) is 1.00. The highest BCUT2D eigenvalue weighted by atomic mass is 14.6. The minimum Gasteiger partial charge on any atom is -0.328 e. The van der Waals surface area contributed by atoms with Gasteiger partial charge in [-0.05, 0) is 93.3 Å². The van der Waals surface area contributed by atoms with E-state index in [4.69, 9.17) is 5.73 Å². The van der Waals surface area contributed by atoms with E-state index in [1.165, 1.54) is 12.8 Å². The summed E-state index contributed by atoms with van der Waals surface area (Å²) >= 11 is 0. The Balaban J connectivity index is 1.61. The number of nitrogens with two attached hydrogens (primary N) is 1. The van der Waals surface area contributed by atoms with Crippen molar-refractivity contribution in [1.82, 2.24) is 0 Å². The molecule has 0 aromatic heterocycles. The average molecular weight is 247 g/mol. The van der Waals surface area contributed by atoms with Crippen molar-refractivity contribution in [3.63, 3.8) is 0 Å². The smallest absolute Gasteiger partial charge is 0.00132 e. The maximum atomic E-state index is 6.12. The van der Waals surface area contributed by atoms with E-state index in [-0.39, 0.29) is 0 Å². The van der Waals surface area contributed by atoms with Crippen molar-refractivity contribution in [2.75, 3.05) is 0 Å². The van der Waals surface area contributed by atoms with Crippen LogP contribution in [0.2, 0.25) is 0 Å². The van der Waals surface area contributed by atoms with Crippen molar-refractivity contribution in [3.05, 3.63) is 0 Å². The molecule has 18 heavy (non-hydrogen) atoms. The SMILES string of the molecule is CC(N)CC1CC2CC3CCC4CC3C(C2)C1C4. The quantitative estimate of drug-likeness (QED) is 0.788. The molecule has 4 bridgehead atoms. The third-order valence-electron chi connectivity index (χ3n) is 7.02. The molecule has 1 nitrogen and oxygen atoms in total. The van der Waals surface area contributed by atoms with Crippen LogP contribution in [-0.4, -0.2) is 6.04 Å². The van der Waals surface area contributed by atoms with E-state index in [0.717, 1.165) is 41.4 Å². The van der Waals surface area contributed by atoms with Crippen LogP contribution in [0.15, 0.2) is 0 Å². The van der Waals surface area contributed by atoms with Gasteiger partial charge < -0.3 is 5.73 Å². The summed E-state index contributed by atoms with van der Waals surface area (Å²) in [5.41, 5.74) is 6.12. The third-order valence-corrected chi connectivity index (χ3v) is 7.02. The fourth-order valence-corrected chi connectivity index (χ4v) is 6.61. The van der Waals surface area contributed by atoms with Gasteiger partial charge in [0.1, 0.15) is 0 Å². The van der Waals surface area contributed by atoms with Gasteiger partial charge in [0.05, 0.1) is 0 Å². The normalized spacial score (nSPS) is 55.3. The molecule has 1 heteroatoms. The number of rotatable bonds is 2. The summed E-state index contributed by atoms with van der Waals surface area (Å²) in [6.07, 6.45) is 12.3. The van der Waals surface area contributed by atoms with E-state index >= 15 is 0 Å². The molecule has 0 aromatic rings. The van der Waals surface area contributed by atoms with Gasteiger partial charge in [0.25, 0.3) is 0 Å². The van der Waals surface area contributed by atoms with Crippen LogP contribution in [0.5, 0.6) is 0 Å². The van der Waals surface area contributed by atoms with Crippen molar-refractivity contribution >= 4 is 0 Å². The summed E-state index contributed by atoms with van der Waals surface area (Å²) in [4.78, 5) is 0. The molecule has 4 fully saturated rings. The minimum absolute atomic E-state index is 0.423. The molecule has 0 heterocycles. The predicted molar refractivity (Wildman–Crippen MR) is 75.0 cm³/mol. The van der Waals surface area contributed by atoms with Gasteiger partial charge in [-0.2, -0.15) is 0 Å². The van der Waals surface area contributed by atoms with Gasteiger partial charge in [0, 0.05) is 6.04 Å². The molecule has 102 valence electrons. The van der Waals surface area contributed by atoms with Gasteiger partial charge in [-0.25, -0.2) is 0 Å². The first-order chi connectivity index (χ1) is 8.70. The maximum absolute atomic E-state index is 6.12. The van der Waals surface area contributed by atoms with Gasteiger partial charge >= 0.3 is 0 Å². The summed E-state index contributed by atoms with van der Waals surface area (Å²) in [5, 5.41) is 0. The van der Waals surface area contributed by atoms with E-state index in [9.17, 15) is 0 Å². The van der Waals surface area contributed by atoms with Gasteiger partial charge in [-0.3, -0.25) is 0 Å². The lowest BCUT2D eigenvalue weighted by Gasteiger charge is -2.59. The Kier molecular flexibility index (Phi) is 2.76. The molecule has 0 radical (unpaired) electrons. The highest BCUT2D eigenvalue weighted by molar-refractivity contribution is 5.02. The molecule has 0 amide bonds. The van der Waals surface area contributed by atoms with E-state index in [1.54, 1.807) is 38.5 Å². The van der Waals surface area contributed by atoms with Crippen LogP contribution in [0.3, 0.4) is 0 Å². The maximum Gasteiger partial charge on any atom is 0.00132 e. The second-order valence-corrected chi connectivity index (χ2v) is 8.21. The van der Waals surface area contributed by atoms with Crippen LogP contribution < -0.4 is 5.73 Å². The summed E-state index contributed by atoms with van der Waals surface area (Å²) in [5.74, 6) is 7.60. The van der Waals surface area contributed by atoms with Gasteiger partial charge in [-0.15, -0.1) is 0 Å². The lowest BCUT2D eigenvalue weighted by molar-refractivity contribution is -0.0930. The van der Waals surface area contributed by atoms with E-state index in [2.05, 4.69) is 6.92 Å². The molecule has 0 aliphatic heterocycles. The number of hydrogen-bond donors (Lipinski definition) is 1. The Labute approximate surface area is 112 Å². The average Bonchev–Trinajstić information content (AvgIpc) is 2.35. The molecule has 0 saturated heterocycles. The lowest BCUT2D eigenvalue weighted by atomic mass is 9.46. The molecular formula is C17H29N. The molecular weight excluding hydrogens is 218 g/mol. The second-order valence-electron chi connectivity index (χ2n) is 8.21. The first-order valence-electron chi connectivity index (χ1n) is 8.46. The summed E-state index contributed by atoms with van der Waals surface area (Å²) < 4.78 is 0. The summed E-state index contributed by atoms with van der Waals surface area (Å²) in [6.45, 7) is 2.22. The molecule has 2 N–H and O–H groups in total. The highest BCUT2D eigenvalue weighted by Crippen LogP contribution is 2.61. The molecule has 0 spiro atoms. The Morgan fingerprint density at radius 2 is 1.67 bits per heavy atom.